The largest absolute Gasteiger partial charge is 0.369 e. The first-order chi connectivity index (χ1) is 12.4. The van der Waals surface area contributed by atoms with Crippen LogP contribution < -0.4 is 0 Å². The number of carbonyl (C=O) groups excluding carboxylic acids is 1. The van der Waals surface area contributed by atoms with Gasteiger partial charge in [-0.15, -0.1) is 0 Å². The number of likely N-dealkylation sites (tertiary alicyclic amines) is 2. The molecule has 1 amide bonds. The summed E-state index contributed by atoms with van der Waals surface area (Å²) >= 11 is 0. The van der Waals surface area contributed by atoms with Crippen molar-refractivity contribution in [2.75, 3.05) is 45.1 Å². The highest BCUT2D eigenvalue weighted by atomic mass is 32.2. The lowest BCUT2D eigenvalue weighted by Gasteiger charge is -2.52. The van der Waals surface area contributed by atoms with E-state index in [0.717, 1.165) is 25.9 Å². The van der Waals surface area contributed by atoms with E-state index in [9.17, 15) is 13.2 Å². The Kier molecular flexibility index (Phi) is 4.48. The zero-order valence-corrected chi connectivity index (χ0v) is 15.7. The zero-order chi connectivity index (χ0) is 18.4. The van der Waals surface area contributed by atoms with Crippen LogP contribution in [0, 0.1) is 6.92 Å². The molecule has 1 atom stereocenters. The fourth-order valence-corrected chi connectivity index (χ4v) is 6.01. The first-order valence-electron chi connectivity index (χ1n) is 9.03. The summed E-state index contributed by atoms with van der Waals surface area (Å²) in [6.07, 6.45) is 5.30. The molecule has 1 aromatic rings. The number of sulfone groups is 1. The molecule has 0 saturated carbocycles. The molecule has 4 rings (SSSR count). The zero-order valence-electron chi connectivity index (χ0n) is 14.9. The van der Waals surface area contributed by atoms with Crippen molar-refractivity contribution in [2.24, 2.45) is 0 Å². The van der Waals surface area contributed by atoms with Crippen molar-refractivity contribution >= 4 is 15.7 Å². The third-order valence-electron chi connectivity index (χ3n) is 5.54. The van der Waals surface area contributed by atoms with Crippen molar-refractivity contribution in [3.63, 3.8) is 0 Å². The summed E-state index contributed by atoms with van der Waals surface area (Å²) in [6, 6.07) is 0. The predicted octanol–water partition coefficient (Wildman–Crippen LogP) is -0.111. The molecule has 0 radical (unpaired) electrons. The number of carbonyl (C=O) groups is 1. The quantitative estimate of drug-likeness (QED) is 0.722. The summed E-state index contributed by atoms with van der Waals surface area (Å²) < 4.78 is 31.5. The van der Waals surface area contributed by atoms with E-state index >= 15 is 0 Å². The number of hydrogen-bond donors (Lipinski definition) is 0. The number of nitrogens with zero attached hydrogens (tertiary/aromatic N) is 4. The summed E-state index contributed by atoms with van der Waals surface area (Å²) in [5.41, 5.74) is 0.126. The molecule has 8 nitrogen and oxygen atoms in total. The lowest BCUT2D eigenvalue weighted by atomic mass is 9.95. The van der Waals surface area contributed by atoms with E-state index in [1.165, 1.54) is 6.20 Å². The maximum Gasteiger partial charge on any atom is 0.274 e. The Hall–Kier alpha value is -1.58. The first-order valence-corrected chi connectivity index (χ1v) is 10.7. The molecule has 142 valence electrons. The molecule has 0 N–H and O–H groups in total. The molecule has 0 aromatic carbocycles. The second kappa shape index (κ2) is 6.54. The van der Waals surface area contributed by atoms with E-state index in [1.54, 1.807) is 18.0 Å². The van der Waals surface area contributed by atoms with Crippen LogP contribution in [0.4, 0.5) is 0 Å². The summed E-state index contributed by atoms with van der Waals surface area (Å²) in [4.78, 5) is 24.5. The Labute approximate surface area is 153 Å². The van der Waals surface area contributed by atoms with Gasteiger partial charge in [0.25, 0.3) is 5.91 Å². The Morgan fingerprint density at radius 3 is 2.62 bits per heavy atom. The normalized spacial score (nSPS) is 27.4. The summed E-state index contributed by atoms with van der Waals surface area (Å²) in [5, 5.41) is -0.460. The maximum absolute atomic E-state index is 12.7. The highest BCUT2D eigenvalue weighted by molar-refractivity contribution is 7.92. The number of rotatable bonds is 3. The minimum absolute atomic E-state index is 0.0122. The van der Waals surface area contributed by atoms with Crippen LogP contribution in [0.3, 0.4) is 0 Å². The molecule has 3 aliphatic heterocycles. The molecule has 0 unspecified atom stereocenters. The third kappa shape index (κ3) is 3.23. The van der Waals surface area contributed by atoms with Crippen molar-refractivity contribution < 1.29 is 17.9 Å². The average Bonchev–Trinajstić information content (AvgIpc) is 3.07. The van der Waals surface area contributed by atoms with Crippen molar-refractivity contribution in [2.45, 2.75) is 30.6 Å². The van der Waals surface area contributed by atoms with Crippen molar-refractivity contribution in [3.05, 3.63) is 23.8 Å². The molecular weight excluding hydrogens is 356 g/mol. The molecule has 1 spiro atoms. The van der Waals surface area contributed by atoms with Crippen molar-refractivity contribution in [1.29, 1.82) is 0 Å². The summed E-state index contributed by atoms with van der Waals surface area (Å²) in [7, 11) is -3.23. The fourth-order valence-electron chi connectivity index (χ4n) is 4.06. The van der Waals surface area contributed by atoms with Crippen LogP contribution in [0.1, 0.15) is 29.0 Å². The number of aromatic nitrogens is 2. The van der Waals surface area contributed by atoms with Gasteiger partial charge in [0.05, 0.1) is 36.4 Å². The van der Waals surface area contributed by atoms with Crippen LogP contribution in [-0.4, -0.2) is 90.0 Å². The molecule has 26 heavy (non-hydrogen) atoms. The van der Waals surface area contributed by atoms with Crippen LogP contribution in [0.2, 0.25) is 0 Å². The molecule has 0 bridgehead atoms. The second-order valence-electron chi connectivity index (χ2n) is 7.58. The molecular formula is C17H24N4O4S. The third-order valence-corrected chi connectivity index (χ3v) is 7.77. The molecule has 4 heterocycles. The summed E-state index contributed by atoms with van der Waals surface area (Å²) in [6.45, 7) is 5.02. The number of amides is 1. The monoisotopic (exact) mass is 380 g/mol. The second-order valence-corrected chi connectivity index (χ2v) is 9.86. The predicted molar refractivity (Wildman–Crippen MR) is 94.6 cm³/mol. The van der Waals surface area contributed by atoms with Crippen LogP contribution in [-0.2, 0) is 14.6 Å². The van der Waals surface area contributed by atoms with Gasteiger partial charge in [-0.3, -0.25) is 9.78 Å². The molecule has 3 saturated heterocycles. The van der Waals surface area contributed by atoms with Gasteiger partial charge in [0, 0.05) is 18.9 Å². The van der Waals surface area contributed by atoms with E-state index in [1.807, 2.05) is 0 Å². The van der Waals surface area contributed by atoms with Crippen LogP contribution in [0.15, 0.2) is 12.4 Å². The highest BCUT2D eigenvalue weighted by Gasteiger charge is 2.54. The average molecular weight is 380 g/mol. The first kappa shape index (κ1) is 17.8. The molecule has 3 fully saturated rings. The fraction of sp³-hybridized carbons (Fsp3) is 0.706. The minimum atomic E-state index is -3.23. The van der Waals surface area contributed by atoms with Crippen molar-refractivity contribution in [1.82, 2.24) is 19.8 Å². The van der Waals surface area contributed by atoms with Gasteiger partial charge in [-0.1, -0.05) is 0 Å². The van der Waals surface area contributed by atoms with Gasteiger partial charge in [0.2, 0.25) is 0 Å². The topological polar surface area (TPSA) is 92.7 Å². The van der Waals surface area contributed by atoms with Gasteiger partial charge < -0.3 is 14.5 Å². The van der Waals surface area contributed by atoms with E-state index in [-0.39, 0.29) is 31.4 Å². The van der Waals surface area contributed by atoms with Crippen LogP contribution in [0.25, 0.3) is 0 Å². The van der Waals surface area contributed by atoms with Crippen LogP contribution in [0.5, 0.6) is 0 Å². The lowest BCUT2D eigenvalue weighted by Crippen LogP contribution is -2.71. The number of hydrogen-bond acceptors (Lipinski definition) is 7. The van der Waals surface area contributed by atoms with Gasteiger partial charge in [0.15, 0.2) is 9.84 Å². The lowest BCUT2D eigenvalue weighted by molar-refractivity contribution is -0.121. The van der Waals surface area contributed by atoms with Crippen molar-refractivity contribution in [3.8, 4) is 0 Å². The maximum atomic E-state index is 12.7. The minimum Gasteiger partial charge on any atom is -0.369 e. The molecule has 0 aliphatic carbocycles. The van der Waals surface area contributed by atoms with E-state index in [2.05, 4.69) is 14.9 Å². The Morgan fingerprint density at radius 1 is 1.27 bits per heavy atom. The highest BCUT2D eigenvalue weighted by Crippen LogP contribution is 2.34. The van der Waals surface area contributed by atoms with Gasteiger partial charge in [-0.05, 0) is 32.9 Å². The Morgan fingerprint density at radius 2 is 1.96 bits per heavy atom. The number of ether oxygens (including phenoxy) is 1. The number of aryl methyl sites for hydroxylation is 1. The van der Waals surface area contributed by atoms with E-state index in [0.29, 0.717) is 17.9 Å². The molecule has 1 aromatic heterocycles. The van der Waals surface area contributed by atoms with Gasteiger partial charge in [-0.2, -0.15) is 0 Å². The van der Waals surface area contributed by atoms with E-state index in [4.69, 9.17) is 4.74 Å². The molecule has 3 aliphatic rings. The van der Waals surface area contributed by atoms with Gasteiger partial charge >= 0.3 is 0 Å². The Bertz CT molecular complexity index is 801. The van der Waals surface area contributed by atoms with Gasteiger partial charge in [-0.25, -0.2) is 13.4 Å². The van der Waals surface area contributed by atoms with Gasteiger partial charge in [0.1, 0.15) is 11.3 Å². The summed E-state index contributed by atoms with van der Waals surface area (Å²) in [5.74, 6) is -0.233. The standard InChI is InChI=1S/C17H24N4O4S/c1-13-15(19-5-4-18-13)16(22)21-10-17(11-21)12-26(23,24)14(9-25-17)8-20-6-2-3-7-20/h4-5,14H,2-3,6-12H2,1H3/t14-/m0/s1. The smallest absolute Gasteiger partial charge is 0.274 e. The molecule has 9 heteroatoms. The Balaban J connectivity index is 1.39. The van der Waals surface area contributed by atoms with Crippen LogP contribution >= 0.6 is 0 Å². The van der Waals surface area contributed by atoms with E-state index < -0.39 is 20.7 Å². The SMILES string of the molecule is Cc1nccnc1C(=O)N1CC2(C1)CS(=O)(=O)[C@@H](CN1CCCC1)CO2.